The molecule has 3 rings (SSSR count). The van der Waals surface area contributed by atoms with E-state index in [1.54, 1.807) is 29.7 Å². The zero-order chi connectivity index (χ0) is 19.9. The topological polar surface area (TPSA) is 148 Å². The number of pyridine rings is 1. The Hall–Kier alpha value is -3.75. The Morgan fingerprint density at radius 3 is 2.59 bits per heavy atom. The lowest BCUT2D eigenvalue weighted by molar-refractivity contribution is 0.100. The van der Waals surface area contributed by atoms with Crippen molar-refractivity contribution in [3.8, 4) is 11.4 Å². The number of primary amides is 1. The molecular weight excluding hydrogens is 348 g/mol. The van der Waals surface area contributed by atoms with Gasteiger partial charge in [0.25, 0.3) is 5.91 Å². The number of hydrogen-bond donors (Lipinski definition) is 5. The van der Waals surface area contributed by atoms with Gasteiger partial charge in [0.15, 0.2) is 0 Å². The number of rotatable bonds is 3. The van der Waals surface area contributed by atoms with Gasteiger partial charge in [-0.2, -0.15) is 0 Å². The zero-order valence-corrected chi connectivity index (χ0v) is 15.1. The van der Waals surface area contributed by atoms with Crippen LogP contribution < -0.4 is 22.1 Å². The largest absolute Gasteiger partial charge is 0.508 e. The molecule has 7 N–H and O–H groups in total. The lowest BCUT2D eigenvalue weighted by atomic mass is 10.1. The molecule has 1 aromatic carbocycles. The molecular formula is C18H20N6O3. The SMILES string of the molecule is CNC(=O)Nc1cnc2c(c1)c(C(N)=O)c(N)n2-c1c(C)ccc(O)c1C. The summed E-state index contributed by atoms with van der Waals surface area (Å²) in [5.74, 6) is -0.514. The Labute approximate surface area is 155 Å². The number of phenolic OH excluding ortho intramolecular Hbond substituents is 1. The Morgan fingerprint density at radius 2 is 1.96 bits per heavy atom. The van der Waals surface area contributed by atoms with Crippen LogP contribution in [0.2, 0.25) is 0 Å². The molecule has 2 heterocycles. The van der Waals surface area contributed by atoms with Gasteiger partial charge in [-0.3, -0.25) is 9.36 Å². The number of carbonyl (C=O) groups is 2. The minimum absolute atomic E-state index is 0.0929. The average molecular weight is 368 g/mol. The van der Waals surface area contributed by atoms with Crippen molar-refractivity contribution in [1.29, 1.82) is 0 Å². The molecule has 0 atom stereocenters. The normalized spacial score (nSPS) is 10.8. The molecule has 0 unspecified atom stereocenters. The van der Waals surface area contributed by atoms with E-state index in [-0.39, 0.29) is 17.1 Å². The Morgan fingerprint density at radius 1 is 1.26 bits per heavy atom. The van der Waals surface area contributed by atoms with Crippen molar-refractivity contribution in [1.82, 2.24) is 14.9 Å². The molecule has 0 saturated carbocycles. The summed E-state index contributed by atoms with van der Waals surface area (Å²) in [7, 11) is 1.48. The van der Waals surface area contributed by atoms with Crippen molar-refractivity contribution in [2.45, 2.75) is 13.8 Å². The highest BCUT2D eigenvalue weighted by atomic mass is 16.3. The van der Waals surface area contributed by atoms with Crippen molar-refractivity contribution >= 4 is 34.5 Å². The van der Waals surface area contributed by atoms with Gasteiger partial charge in [0.2, 0.25) is 0 Å². The Kier molecular flexibility index (Phi) is 4.36. The molecule has 0 aliphatic heterocycles. The number of hydrogen-bond acceptors (Lipinski definition) is 5. The Balaban J connectivity index is 2.36. The van der Waals surface area contributed by atoms with Crippen molar-refractivity contribution in [3.63, 3.8) is 0 Å². The summed E-state index contributed by atoms with van der Waals surface area (Å²) in [5, 5.41) is 15.5. The van der Waals surface area contributed by atoms with E-state index in [0.717, 1.165) is 5.56 Å². The maximum atomic E-state index is 12.1. The molecule has 0 spiro atoms. The number of nitrogens with two attached hydrogens (primary N) is 2. The van der Waals surface area contributed by atoms with E-state index >= 15 is 0 Å². The second kappa shape index (κ2) is 6.52. The number of benzene rings is 1. The van der Waals surface area contributed by atoms with E-state index in [0.29, 0.717) is 28.0 Å². The first-order valence-electron chi connectivity index (χ1n) is 8.14. The molecule has 3 aromatic rings. The standard InChI is InChI=1S/C18H20N6O3/c1-8-4-5-12(25)9(2)14(8)24-15(19)13(16(20)26)11-6-10(7-22-17(11)24)23-18(27)21-3/h4-7,25H,19H2,1-3H3,(H2,20,26)(H2,21,23,27). The Bertz CT molecular complexity index is 1090. The van der Waals surface area contributed by atoms with Crippen LogP contribution in [-0.4, -0.2) is 33.6 Å². The fourth-order valence-corrected chi connectivity index (χ4v) is 3.10. The first kappa shape index (κ1) is 18.1. The van der Waals surface area contributed by atoms with E-state index in [1.165, 1.54) is 13.2 Å². The average Bonchev–Trinajstić information content (AvgIpc) is 2.90. The smallest absolute Gasteiger partial charge is 0.319 e. The summed E-state index contributed by atoms with van der Waals surface area (Å²) >= 11 is 0. The molecule has 0 aliphatic rings. The van der Waals surface area contributed by atoms with Crippen LogP contribution in [0.25, 0.3) is 16.7 Å². The van der Waals surface area contributed by atoms with Gasteiger partial charge in [0.05, 0.1) is 23.1 Å². The third kappa shape index (κ3) is 2.88. The van der Waals surface area contributed by atoms with Crippen LogP contribution in [0.5, 0.6) is 5.75 Å². The van der Waals surface area contributed by atoms with Crippen LogP contribution in [0.4, 0.5) is 16.3 Å². The maximum Gasteiger partial charge on any atom is 0.319 e. The first-order valence-corrected chi connectivity index (χ1v) is 8.14. The van der Waals surface area contributed by atoms with Gasteiger partial charge >= 0.3 is 6.03 Å². The first-order chi connectivity index (χ1) is 12.8. The lowest BCUT2D eigenvalue weighted by Gasteiger charge is -2.15. The molecule has 9 nitrogen and oxygen atoms in total. The summed E-state index contributed by atoms with van der Waals surface area (Å²) in [6, 6.07) is 4.49. The van der Waals surface area contributed by atoms with Crippen molar-refractivity contribution in [2.24, 2.45) is 5.73 Å². The van der Waals surface area contributed by atoms with E-state index in [1.807, 2.05) is 6.92 Å². The molecule has 0 saturated heterocycles. The number of nitrogens with one attached hydrogen (secondary N) is 2. The number of carbonyl (C=O) groups excluding carboxylic acids is 2. The molecule has 0 bridgehead atoms. The molecule has 140 valence electrons. The molecule has 0 radical (unpaired) electrons. The monoisotopic (exact) mass is 368 g/mol. The number of aromatic hydroxyl groups is 1. The van der Waals surface area contributed by atoms with Gasteiger partial charge < -0.3 is 27.2 Å². The number of fused-ring (bicyclic) bond motifs is 1. The van der Waals surface area contributed by atoms with E-state index in [9.17, 15) is 14.7 Å². The lowest BCUT2D eigenvalue weighted by Crippen LogP contribution is -2.24. The summed E-state index contributed by atoms with van der Waals surface area (Å²) in [5.41, 5.74) is 14.7. The van der Waals surface area contributed by atoms with Gasteiger partial charge in [0, 0.05) is 18.0 Å². The van der Waals surface area contributed by atoms with Crippen molar-refractivity contribution < 1.29 is 14.7 Å². The summed E-state index contributed by atoms with van der Waals surface area (Å²) in [4.78, 5) is 28.0. The minimum Gasteiger partial charge on any atom is -0.508 e. The van der Waals surface area contributed by atoms with Crippen LogP contribution in [-0.2, 0) is 0 Å². The number of nitrogen functional groups attached to an aromatic ring is 1. The predicted octanol–water partition coefficient (Wildman–Crippen LogP) is 1.78. The van der Waals surface area contributed by atoms with Crippen LogP contribution in [0.1, 0.15) is 21.5 Å². The quantitative estimate of drug-likeness (QED) is 0.478. The number of nitrogens with zero attached hydrogens (tertiary/aromatic N) is 2. The van der Waals surface area contributed by atoms with Crippen molar-refractivity contribution in [2.75, 3.05) is 18.1 Å². The number of anilines is 2. The number of amides is 3. The van der Waals surface area contributed by atoms with Gasteiger partial charge in [-0.15, -0.1) is 0 Å². The highest BCUT2D eigenvalue weighted by Crippen LogP contribution is 2.36. The number of aromatic nitrogens is 2. The fraction of sp³-hybridized carbons (Fsp3) is 0.167. The molecule has 27 heavy (non-hydrogen) atoms. The van der Waals surface area contributed by atoms with Crippen LogP contribution >= 0.6 is 0 Å². The summed E-state index contributed by atoms with van der Waals surface area (Å²) in [6.45, 7) is 3.60. The predicted molar refractivity (Wildman–Crippen MR) is 103 cm³/mol. The van der Waals surface area contributed by atoms with Crippen LogP contribution in [0.3, 0.4) is 0 Å². The minimum atomic E-state index is -0.717. The second-order valence-electron chi connectivity index (χ2n) is 6.13. The highest BCUT2D eigenvalue weighted by molar-refractivity contribution is 6.11. The van der Waals surface area contributed by atoms with Crippen LogP contribution in [0, 0.1) is 13.8 Å². The highest BCUT2D eigenvalue weighted by Gasteiger charge is 2.24. The molecule has 3 amide bonds. The van der Waals surface area contributed by atoms with Gasteiger partial charge in [-0.05, 0) is 31.5 Å². The number of aryl methyl sites for hydroxylation is 1. The summed E-state index contributed by atoms with van der Waals surface area (Å²) in [6.07, 6.45) is 1.45. The molecule has 2 aromatic heterocycles. The zero-order valence-electron chi connectivity index (χ0n) is 15.1. The molecule has 0 fully saturated rings. The van der Waals surface area contributed by atoms with Crippen LogP contribution in [0.15, 0.2) is 24.4 Å². The molecule has 9 heteroatoms. The fourth-order valence-electron chi connectivity index (χ4n) is 3.10. The third-order valence-electron chi connectivity index (χ3n) is 4.40. The number of urea groups is 1. The molecule has 0 aliphatic carbocycles. The maximum absolute atomic E-state index is 12.1. The van der Waals surface area contributed by atoms with Crippen molar-refractivity contribution in [3.05, 3.63) is 41.1 Å². The van der Waals surface area contributed by atoms with Gasteiger partial charge in [-0.1, -0.05) is 6.07 Å². The van der Waals surface area contributed by atoms with E-state index in [4.69, 9.17) is 11.5 Å². The third-order valence-corrected chi connectivity index (χ3v) is 4.40. The van der Waals surface area contributed by atoms with Gasteiger partial charge in [0.1, 0.15) is 17.2 Å². The number of phenols is 1. The van der Waals surface area contributed by atoms with E-state index < -0.39 is 11.9 Å². The second-order valence-corrected chi connectivity index (χ2v) is 6.13. The summed E-state index contributed by atoms with van der Waals surface area (Å²) < 4.78 is 1.59. The van der Waals surface area contributed by atoms with Gasteiger partial charge in [-0.25, -0.2) is 9.78 Å². The van der Waals surface area contributed by atoms with E-state index in [2.05, 4.69) is 15.6 Å².